The van der Waals surface area contributed by atoms with E-state index >= 15 is 0 Å². The molecule has 0 aliphatic carbocycles. The van der Waals surface area contributed by atoms with Gasteiger partial charge in [-0.1, -0.05) is 60.7 Å². The molecule has 0 aliphatic heterocycles. The maximum atomic E-state index is 13.8. The van der Waals surface area contributed by atoms with Crippen LogP contribution in [0.25, 0.3) is 0 Å². The number of rotatable bonds is 12. The molecule has 0 aliphatic rings. The summed E-state index contributed by atoms with van der Waals surface area (Å²) in [5.41, 5.74) is 5.46. The van der Waals surface area contributed by atoms with E-state index in [1.54, 1.807) is 11.9 Å². The fourth-order valence-corrected chi connectivity index (χ4v) is 5.74. The molecule has 3 aromatic carbocycles. The van der Waals surface area contributed by atoms with Crippen molar-refractivity contribution in [3.8, 4) is 0 Å². The van der Waals surface area contributed by atoms with Crippen LogP contribution in [0.4, 0.5) is 5.69 Å². The van der Waals surface area contributed by atoms with E-state index in [1.807, 2.05) is 93.6 Å². The summed E-state index contributed by atoms with van der Waals surface area (Å²) in [4.78, 5) is 28.5. The van der Waals surface area contributed by atoms with E-state index in [1.165, 1.54) is 10.6 Å². The molecule has 0 fully saturated rings. The summed E-state index contributed by atoms with van der Waals surface area (Å²) in [7, 11) is -1.98. The van der Waals surface area contributed by atoms with Crippen LogP contribution < -0.4 is 9.62 Å². The Labute approximate surface area is 232 Å². The maximum absolute atomic E-state index is 13.8. The smallest absolute Gasteiger partial charge is 0.242 e. The second-order valence-electron chi connectivity index (χ2n) is 10.1. The van der Waals surface area contributed by atoms with E-state index in [-0.39, 0.29) is 31.3 Å². The highest BCUT2D eigenvalue weighted by molar-refractivity contribution is 7.92. The number of carbonyl (C=O) groups excluding carboxylic acids is 2. The van der Waals surface area contributed by atoms with Crippen molar-refractivity contribution in [2.75, 3.05) is 24.2 Å². The fraction of sp³-hybridized carbons (Fsp3) is 0.355. The minimum Gasteiger partial charge on any atom is -0.357 e. The Bertz CT molecular complexity index is 1370. The first-order valence-corrected chi connectivity index (χ1v) is 15.0. The highest BCUT2D eigenvalue weighted by Crippen LogP contribution is 2.23. The van der Waals surface area contributed by atoms with E-state index in [9.17, 15) is 18.0 Å². The van der Waals surface area contributed by atoms with E-state index in [0.29, 0.717) is 18.5 Å². The van der Waals surface area contributed by atoms with E-state index in [4.69, 9.17) is 0 Å². The summed E-state index contributed by atoms with van der Waals surface area (Å²) < 4.78 is 26.7. The average Bonchev–Trinajstić information content (AvgIpc) is 2.88. The number of anilines is 1. The molecule has 0 heterocycles. The predicted octanol–water partition coefficient (Wildman–Crippen LogP) is 4.54. The standard InChI is InChI=1S/C31H39N3O4S/c1-23-18-24(2)20-28(19-23)34(39(5,37)38)17-11-16-30(35)33(22-27-15-10-9-12-25(27)3)29(31(36)32-4)21-26-13-7-6-8-14-26/h6-10,12-15,18-20,29H,11,16-17,21-22H2,1-5H3,(H,32,36)/t29-/m0/s1. The molecule has 0 spiro atoms. The first-order chi connectivity index (χ1) is 18.5. The van der Waals surface area contributed by atoms with Crippen molar-refractivity contribution in [1.82, 2.24) is 10.2 Å². The van der Waals surface area contributed by atoms with Crippen molar-refractivity contribution in [2.24, 2.45) is 0 Å². The number of hydrogen-bond acceptors (Lipinski definition) is 4. The lowest BCUT2D eigenvalue weighted by Gasteiger charge is -2.32. The molecule has 0 aromatic heterocycles. The zero-order valence-corrected chi connectivity index (χ0v) is 24.3. The number of benzene rings is 3. The third-order valence-electron chi connectivity index (χ3n) is 6.77. The highest BCUT2D eigenvalue weighted by atomic mass is 32.2. The molecule has 39 heavy (non-hydrogen) atoms. The Balaban J connectivity index is 1.87. The summed E-state index contributed by atoms with van der Waals surface area (Å²) in [6.07, 6.45) is 1.97. The molecule has 0 unspecified atom stereocenters. The first-order valence-electron chi connectivity index (χ1n) is 13.1. The monoisotopic (exact) mass is 549 g/mol. The second kappa shape index (κ2) is 13.4. The van der Waals surface area contributed by atoms with Gasteiger partial charge >= 0.3 is 0 Å². The van der Waals surface area contributed by atoms with Gasteiger partial charge in [-0.05, 0) is 67.1 Å². The number of nitrogens with one attached hydrogen (secondary N) is 1. The lowest BCUT2D eigenvalue weighted by molar-refractivity contribution is -0.141. The molecule has 208 valence electrons. The van der Waals surface area contributed by atoms with Crippen LogP contribution >= 0.6 is 0 Å². The number of amides is 2. The summed E-state index contributed by atoms with van der Waals surface area (Å²) in [6, 6.07) is 22.4. The van der Waals surface area contributed by atoms with Crippen LogP contribution in [-0.4, -0.2) is 51.0 Å². The molecule has 7 nitrogen and oxygen atoms in total. The van der Waals surface area contributed by atoms with Gasteiger partial charge in [-0.2, -0.15) is 0 Å². The van der Waals surface area contributed by atoms with Gasteiger partial charge in [0.2, 0.25) is 21.8 Å². The number of aryl methyl sites for hydroxylation is 3. The van der Waals surface area contributed by atoms with Crippen molar-refractivity contribution in [2.45, 2.75) is 52.6 Å². The van der Waals surface area contributed by atoms with Crippen molar-refractivity contribution in [3.05, 3.63) is 101 Å². The quantitative estimate of drug-likeness (QED) is 0.359. The van der Waals surface area contributed by atoms with Gasteiger partial charge in [-0.15, -0.1) is 0 Å². The first kappa shape index (κ1) is 29.9. The van der Waals surface area contributed by atoms with Crippen molar-refractivity contribution in [3.63, 3.8) is 0 Å². The van der Waals surface area contributed by atoms with Gasteiger partial charge in [0.1, 0.15) is 6.04 Å². The second-order valence-corrected chi connectivity index (χ2v) is 12.0. The Kier molecular flexibility index (Phi) is 10.3. The molecule has 1 N–H and O–H groups in total. The van der Waals surface area contributed by atoms with Gasteiger partial charge in [-0.25, -0.2) is 8.42 Å². The van der Waals surface area contributed by atoms with Crippen LogP contribution in [0.1, 0.15) is 40.7 Å². The van der Waals surface area contributed by atoms with Gasteiger partial charge in [0.25, 0.3) is 0 Å². The molecule has 0 saturated carbocycles. The molecule has 3 rings (SSSR count). The number of sulfonamides is 1. The molecule has 3 aromatic rings. The molecular formula is C31H39N3O4S. The lowest BCUT2D eigenvalue weighted by Crippen LogP contribution is -2.50. The van der Waals surface area contributed by atoms with Gasteiger partial charge < -0.3 is 10.2 Å². The molecule has 0 radical (unpaired) electrons. The van der Waals surface area contributed by atoms with Gasteiger partial charge in [0.15, 0.2) is 0 Å². The number of likely N-dealkylation sites (N-methyl/N-ethyl adjacent to an activating group) is 1. The average molecular weight is 550 g/mol. The zero-order valence-electron chi connectivity index (χ0n) is 23.5. The van der Waals surface area contributed by atoms with E-state index in [2.05, 4.69) is 5.32 Å². The number of nitrogens with zero attached hydrogens (tertiary/aromatic N) is 2. The van der Waals surface area contributed by atoms with Gasteiger partial charge in [0, 0.05) is 33.0 Å². The van der Waals surface area contributed by atoms with Crippen LogP contribution in [-0.2, 0) is 32.6 Å². The largest absolute Gasteiger partial charge is 0.357 e. The van der Waals surface area contributed by atoms with Gasteiger partial charge in [-0.3, -0.25) is 13.9 Å². The van der Waals surface area contributed by atoms with E-state index < -0.39 is 16.1 Å². The van der Waals surface area contributed by atoms with Crippen molar-refractivity contribution in [1.29, 1.82) is 0 Å². The topological polar surface area (TPSA) is 86.8 Å². The lowest BCUT2D eigenvalue weighted by atomic mass is 10.0. The summed E-state index contributed by atoms with van der Waals surface area (Å²) in [5, 5.41) is 2.73. The Morgan fingerprint density at radius 2 is 1.51 bits per heavy atom. The minimum atomic E-state index is -3.55. The third kappa shape index (κ3) is 8.42. The van der Waals surface area contributed by atoms with Crippen LogP contribution in [0.15, 0.2) is 72.8 Å². The van der Waals surface area contributed by atoms with Crippen LogP contribution in [0.2, 0.25) is 0 Å². The predicted molar refractivity (Wildman–Crippen MR) is 157 cm³/mol. The van der Waals surface area contributed by atoms with Crippen molar-refractivity contribution < 1.29 is 18.0 Å². The molecular weight excluding hydrogens is 510 g/mol. The van der Waals surface area contributed by atoms with Crippen LogP contribution in [0.5, 0.6) is 0 Å². The van der Waals surface area contributed by atoms with Crippen molar-refractivity contribution >= 4 is 27.5 Å². The Morgan fingerprint density at radius 3 is 2.10 bits per heavy atom. The SMILES string of the molecule is CNC(=O)[C@H](Cc1ccccc1)N(Cc1ccccc1C)C(=O)CCCN(c1cc(C)cc(C)c1)S(C)(=O)=O. The van der Waals surface area contributed by atoms with Crippen LogP contribution in [0, 0.1) is 20.8 Å². The highest BCUT2D eigenvalue weighted by Gasteiger charge is 2.30. The summed E-state index contributed by atoms with van der Waals surface area (Å²) in [5.74, 6) is -0.439. The molecule has 8 heteroatoms. The molecule has 2 amide bonds. The fourth-order valence-electron chi connectivity index (χ4n) is 4.79. The maximum Gasteiger partial charge on any atom is 0.242 e. The van der Waals surface area contributed by atoms with E-state index in [0.717, 1.165) is 27.8 Å². The molecule has 0 saturated heterocycles. The number of hydrogen-bond donors (Lipinski definition) is 1. The zero-order chi connectivity index (χ0) is 28.6. The normalized spacial score (nSPS) is 12.0. The van der Waals surface area contributed by atoms with Crippen LogP contribution in [0.3, 0.4) is 0 Å². The minimum absolute atomic E-state index is 0.102. The summed E-state index contributed by atoms with van der Waals surface area (Å²) >= 11 is 0. The molecule has 0 bridgehead atoms. The third-order valence-corrected chi connectivity index (χ3v) is 7.96. The Hall–Kier alpha value is -3.65. The number of carbonyl (C=O) groups is 2. The van der Waals surface area contributed by atoms with Gasteiger partial charge in [0.05, 0.1) is 11.9 Å². The summed E-state index contributed by atoms with van der Waals surface area (Å²) in [6.45, 7) is 6.28. The Morgan fingerprint density at radius 1 is 0.897 bits per heavy atom. The molecule has 1 atom stereocenters.